The first kappa shape index (κ1) is 12.9. The molecule has 0 spiro atoms. The third-order valence-corrected chi connectivity index (χ3v) is 3.15. The Labute approximate surface area is 112 Å². The van der Waals surface area contributed by atoms with Gasteiger partial charge in [-0.2, -0.15) is 0 Å². The lowest BCUT2D eigenvalue weighted by Crippen LogP contribution is -1.97. The van der Waals surface area contributed by atoms with Gasteiger partial charge in [0.15, 0.2) is 0 Å². The Morgan fingerprint density at radius 2 is 1.89 bits per heavy atom. The van der Waals surface area contributed by atoms with Gasteiger partial charge in [0.1, 0.15) is 11.5 Å². The molecule has 18 heavy (non-hydrogen) atoms. The Bertz CT molecular complexity index is 566. The lowest BCUT2D eigenvalue weighted by Gasteiger charge is -2.10. The molecule has 94 valence electrons. The Hall–Kier alpha value is -1.51. The second kappa shape index (κ2) is 5.42. The number of rotatable bonds is 3. The maximum Gasteiger partial charge on any atom is 0.130 e. The zero-order valence-corrected chi connectivity index (χ0v) is 11.3. The summed E-state index contributed by atoms with van der Waals surface area (Å²) < 4.78 is 5.82. The van der Waals surface area contributed by atoms with Crippen molar-refractivity contribution in [1.29, 1.82) is 0 Å². The lowest BCUT2D eigenvalue weighted by atomic mass is 10.1. The topological polar surface area (TPSA) is 35.2 Å². The van der Waals surface area contributed by atoms with E-state index in [1.54, 1.807) is 6.07 Å². The van der Waals surface area contributed by atoms with E-state index >= 15 is 0 Å². The number of ether oxygens (including phenoxy) is 1. The fourth-order valence-corrected chi connectivity index (χ4v) is 2.05. The average molecular weight is 262 g/mol. The number of hydrogen-bond acceptors (Lipinski definition) is 2. The van der Waals surface area contributed by atoms with Gasteiger partial charge < -0.3 is 10.5 Å². The highest BCUT2D eigenvalue weighted by molar-refractivity contribution is 6.31. The predicted molar refractivity (Wildman–Crippen MR) is 75.3 cm³/mol. The van der Waals surface area contributed by atoms with E-state index in [1.165, 1.54) is 5.56 Å². The highest BCUT2D eigenvalue weighted by Crippen LogP contribution is 2.29. The van der Waals surface area contributed by atoms with E-state index in [9.17, 15) is 0 Å². The minimum Gasteiger partial charge on any atom is -0.457 e. The van der Waals surface area contributed by atoms with Crippen LogP contribution in [-0.4, -0.2) is 0 Å². The molecule has 0 saturated carbocycles. The summed E-state index contributed by atoms with van der Waals surface area (Å²) in [5.74, 6) is 1.57. The van der Waals surface area contributed by atoms with Gasteiger partial charge in [-0.15, -0.1) is 0 Å². The average Bonchev–Trinajstić information content (AvgIpc) is 2.33. The molecular weight excluding hydrogens is 246 g/mol. The standard InChI is InChI=1S/C15H16ClNO/c1-10-3-6-15(11(2)7-10)18-13-5-4-12(9-17)14(16)8-13/h3-8H,9,17H2,1-2H3. The van der Waals surface area contributed by atoms with Crippen LogP contribution < -0.4 is 10.5 Å². The molecule has 2 rings (SSSR count). The molecule has 0 aliphatic heterocycles. The third-order valence-electron chi connectivity index (χ3n) is 2.80. The molecule has 0 unspecified atom stereocenters. The Morgan fingerprint density at radius 1 is 1.11 bits per heavy atom. The van der Waals surface area contributed by atoms with Gasteiger partial charge in [0, 0.05) is 11.6 Å². The van der Waals surface area contributed by atoms with Gasteiger partial charge in [-0.25, -0.2) is 0 Å². The first-order valence-corrected chi connectivity index (χ1v) is 6.21. The van der Waals surface area contributed by atoms with E-state index < -0.39 is 0 Å². The summed E-state index contributed by atoms with van der Waals surface area (Å²) in [5.41, 5.74) is 8.81. The summed E-state index contributed by atoms with van der Waals surface area (Å²) >= 11 is 6.10. The maximum atomic E-state index is 6.10. The number of hydrogen-bond donors (Lipinski definition) is 1. The minimum absolute atomic E-state index is 0.433. The van der Waals surface area contributed by atoms with Gasteiger partial charge in [0.25, 0.3) is 0 Å². The van der Waals surface area contributed by atoms with Crippen molar-refractivity contribution in [2.24, 2.45) is 5.73 Å². The highest BCUT2D eigenvalue weighted by Gasteiger charge is 2.04. The minimum atomic E-state index is 0.433. The zero-order chi connectivity index (χ0) is 13.1. The van der Waals surface area contributed by atoms with Crippen LogP contribution in [0.15, 0.2) is 36.4 Å². The SMILES string of the molecule is Cc1ccc(Oc2ccc(CN)c(Cl)c2)c(C)c1. The van der Waals surface area contributed by atoms with E-state index in [0.29, 0.717) is 11.6 Å². The maximum absolute atomic E-state index is 6.10. The van der Waals surface area contributed by atoms with Gasteiger partial charge in [-0.05, 0) is 43.2 Å². The molecule has 0 aromatic heterocycles. The molecule has 0 amide bonds. The van der Waals surface area contributed by atoms with Crippen LogP contribution in [0.3, 0.4) is 0 Å². The molecule has 3 heteroatoms. The molecule has 0 bridgehead atoms. The molecular formula is C15H16ClNO. The van der Waals surface area contributed by atoms with Crippen LogP contribution in [0.1, 0.15) is 16.7 Å². The van der Waals surface area contributed by atoms with E-state index in [2.05, 4.69) is 13.0 Å². The molecule has 0 atom stereocenters. The van der Waals surface area contributed by atoms with Crippen molar-refractivity contribution in [2.45, 2.75) is 20.4 Å². The van der Waals surface area contributed by atoms with E-state index in [-0.39, 0.29) is 0 Å². The summed E-state index contributed by atoms with van der Waals surface area (Å²) in [6.07, 6.45) is 0. The largest absolute Gasteiger partial charge is 0.457 e. The van der Waals surface area contributed by atoms with Crippen molar-refractivity contribution in [2.75, 3.05) is 0 Å². The van der Waals surface area contributed by atoms with Crippen molar-refractivity contribution in [3.63, 3.8) is 0 Å². The third kappa shape index (κ3) is 2.84. The van der Waals surface area contributed by atoms with Crippen LogP contribution in [0.2, 0.25) is 5.02 Å². The van der Waals surface area contributed by atoms with Crippen LogP contribution in [0.5, 0.6) is 11.5 Å². The van der Waals surface area contributed by atoms with Crippen LogP contribution in [0.25, 0.3) is 0 Å². The summed E-state index contributed by atoms with van der Waals surface area (Å²) in [6.45, 7) is 4.52. The van der Waals surface area contributed by atoms with Crippen molar-refractivity contribution in [1.82, 2.24) is 0 Å². The van der Waals surface area contributed by atoms with Crippen LogP contribution in [0, 0.1) is 13.8 Å². The van der Waals surface area contributed by atoms with Crippen LogP contribution in [0.4, 0.5) is 0 Å². The van der Waals surface area contributed by atoms with Crippen molar-refractivity contribution in [3.8, 4) is 11.5 Å². The summed E-state index contributed by atoms with van der Waals surface area (Å²) in [7, 11) is 0. The number of benzene rings is 2. The Morgan fingerprint density at radius 3 is 2.50 bits per heavy atom. The van der Waals surface area contributed by atoms with E-state index in [1.807, 2.05) is 31.2 Å². The fraction of sp³-hybridized carbons (Fsp3) is 0.200. The van der Waals surface area contributed by atoms with Crippen molar-refractivity contribution in [3.05, 3.63) is 58.1 Å². The molecule has 2 aromatic carbocycles. The molecule has 0 saturated heterocycles. The Kier molecular flexibility index (Phi) is 3.90. The number of halogens is 1. The molecule has 0 aliphatic carbocycles. The molecule has 2 nitrogen and oxygen atoms in total. The van der Waals surface area contributed by atoms with Gasteiger partial charge in [-0.3, -0.25) is 0 Å². The van der Waals surface area contributed by atoms with Crippen molar-refractivity contribution >= 4 is 11.6 Å². The lowest BCUT2D eigenvalue weighted by molar-refractivity contribution is 0.478. The summed E-state index contributed by atoms with van der Waals surface area (Å²) in [5, 5.41) is 0.639. The molecule has 2 N–H and O–H groups in total. The van der Waals surface area contributed by atoms with E-state index in [0.717, 1.165) is 22.6 Å². The molecule has 0 radical (unpaired) electrons. The summed E-state index contributed by atoms with van der Waals surface area (Å²) in [4.78, 5) is 0. The van der Waals surface area contributed by atoms with Gasteiger partial charge >= 0.3 is 0 Å². The monoisotopic (exact) mass is 261 g/mol. The normalized spacial score (nSPS) is 10.4. The number of aryl methyl sites for hydroxylation is 2. The first-order chi connectivity index (χ1) is 8.60. The van der Waals surface area contributed by atoms with Crippen LogP contribution in [-0.2, 0) is 6.54 Å². The Balaban J connectivity index is 2.26. The second-order valence-corrected chi connectivity index (χ2v) is 4.74. The quantitative estimate of drug-likeness (QED) is 0.898. The van der Waals surface area contributed by atoms with Gasteiger partial charge in [-0.1, -0.05) is 35.4 Å². The highest BCUT2D eigenvalue weighted by atomic mass is 35.5. The molecule has 0 aliphatic rings. The predicted octanol–water partition coefficient (Wildman–Crippen LogP) is 4.21. The first-order valence-electron chi connectivity index (χ1n) is 5.84. The number of nitrogens with two attached hydrogens (primary N) is 1. The fourth-order valence-electron chi connectivity index (χ4n) is 1.80. The van der Waals surface area contributed by atoms with Gasteiger partial charge in [0.2, 0.25) is 0 Å². The summed E-state index contributed by atoms with van der Waals surface area (Å²) in [6, 6.07) is 11.6. The smallest absolute Gasteiger partial charge is 0.130 e. The van der Waals surface area contributed by atoms with Crippen LogP contribution >= 0.6 is 11.6 Å². The molecule has 0 heterocycles. The van der Waals surface area contributed by atoms with Gasteiger partial charge in [0.05, 0.1) is 0 Å². The van der Waals surface area contributed by atoms with Crippen molar-refractivity contribution < 1.29 is 4.74 Å². The second-order valence-electron chi connectivity index (χ2n) is 4.33. The van der Waals surface area contributed by atoms with E-state index in [4.69, 9.17) is 22.1 Å². The molecule has 0 fully saturated rings. The molecule has 2 aromatic rings. The zero-order valence-electron chi connectivity index (χ0n) is 10.5.